The third-order valence-electron chi connectivity index (χ3n) is 4.23. The van der Waals surface area contributed by atoms with Crippen molar-refractivity contribution in [1.29, 1.82) is 0 Å². The lowest BCUT2D eigenvalue weighted by Crippen LogP contribution is -2.23. The van der Waals surface area contributed by atoms with Crippen molar-refractivity contribution in [2.45, 2.75) is 6.54 Å². The Morgan fingerprint density at radius 1 is 1.14 bits per heavy atom. The number of hydrogen-bond donors (Lipinski definition) is 2. The smallest absolute Gasteiger partial charge is 0.254 e. The van der Waals surface area contributed by atoms with Gasteiger partial charge in [0.15, 0.2) is 0 Å². The summed E-state index contributed by atoms with van der Waals surface area (Å²) in [4.78, 5) is 12.4. The Bertz CT molecular complexity index is 1160. The molecule has 2 N–H and O–H groups in total. The van der Waals surface area contributed by atoms with Crippen LogP contribution < -0.4 is 5.32 Å². The zero-order chi connectivity index (χ0) is 19.5. The van der Waals surface area contributed by atoms with Gasteiger partial charge in [-0.1, -0.05) is 18.2 Å². The van der Waals surface area contributed by atoms with E-state index in [1.54, 1.807) is 42.5 Å². The highest BCUT2D eigenvalue weighted by Crippen LogP contribution is 2.24. The Hall–Kier alpha value is -3.74. The van der Waals surface area contributed by atoms with Crippen LogP contribution in [0, 0.1) is 11.6 Å². The van der Waals surface area contributed by atoms with Crippen LogP contribution in [0.3, 0.4) is 0 Å². The van der Waals surface area contributed by atoms with Gasteiger partial charge in [0.2, 0.25) is 0 Å². The van der Waals surface area contributed by atoms with E-state index in [1.165, 1.54) is 24.5 Å². The van der Waals surface area contributed by atoms with Gasteiger partial charge in [0, 0.05) is 0 Å². The number of H-pyrrole nitrogens is 1. The molecule has 2 aromatic carbocycles. The van der Waals surface area contributed by atoms with Crippen LogP contribution in [-0.4, -0.2) is 16.1 Å². The average molecular weight is 379 g/mol. The topological polar surface area (TPSA) is 70.9 Å². The molecule has 0 saturated carbocycles. The number of rotatable bonds is 5. The van der Waals surface area contributed by atoms with Crippen LogP contribution in [0.2, 0.25) is 0 Å². The van der Waals surface area contributed by atoms with E-state index in [9.17, 15) is 9.18 Å². The number of amides is 1. The van der Waals surface area contributed by atoms with Gasteiger partial charge in [0.25, 0.3) is 5.91 Å². The zero-order valence-electron chi connectivity index (χ0n) is 14.6. The van der Waals surface area contributed by atoms with Gasteiger partial charge in [-0.3, -0.25) is 9.89 Å². The highest BCUT2D eigenvalue weighted by atomic mass is 19.1. The quantitative estimate of drug-likeness (QED) is 0.535. The maximum Gasteiger partial charge on any atom is 0.254 e. The maximum absolute atomic E-state index is 15.0. The molecule has 0 fully saturated rings. The van der Waals surface area contributed by atoms with Gasteiger partial charge in [0.05, 0.1) is 35.0 Å². The van der Waals surface area contributed by atoms with E-state index in [0.29, 0.717) is 22.5 Å². The number of carbonyl (C=O) groups is 1. The molecular formula is C21H15F2N3O2. The van der Waals surface area contributed by atoms with Crippen molar-refractivity contribution in [3.05, 3.63) is 89.0 Å². The minimum absolute atomic E-state index is 0.0964. The van der Waals surface area contributed by atoms with Gasteiger partial charge < -0.3 is 9.73 Å². The molecular weight excluding hydrogens is 364 g/mol. The van der Waals surface area contributed by atoms with Crippen LogP contribution in [0.25, 0.3) is 23.1 Å². The molecule has 0 aliphatic rings. The zero-order valence-corrected chi connectivity index (χ0v) is 14.6. The lowest BCUT2D eigenvalue weighted by atomic mass is 10.1. The van der Waals surface area contributed by atoms with Crippen molar-refractivity contribution in [3.63, 3.8) is 0 Å². The summed E-state index contributed by atoms with van der Waals surface area (Å²) in [5, 5.41) is 9.64. The fourth-order valence-electron chi connectivity index (χ4n) is 2.85. The summed E-state index contributed by atoms with van der Waals surface area (Å²) in [6, 6.07) is 12.4. The summed E-state index contributed by atoms with van der Waals surface area (Å²) in [6.07, 6.45) is 4.69. The number of halogens is 2. The van der Waals surface area contributed by atoms with Crippen LogP contribution >= 0.6 is 0 Å². The number of nitrogens with one attached hydrogen (secondary N) is 2. The standard InChI is InChI=1S/C21H15F2N3O2/c22-14-4-1-3-13(11-14)6-8-17-19-18(26-25-17)9-7-16(20(19)23)21(27)24-12-15-5-2-10-28-15/h1-11H,12H2,(H,24,27)(H,25,26). The van der Waals surface area contributed by atoms with Crippen molar-refractivity contribution in [2.24, 2.45) is 0 Å². The first-order chi connectivity index (χ1) is 13.6. The highest BCUT2D eigenvalue weighted by molar-refractivity contribution is 6.00. The van der Waals surface area contributed by atoms with E-state index in [1.807, 2.05) is 0 Å². The van der Waals surface area contributed by atoms with Gasteiger partial charge in [-0.15, -0.1) is 0 Å². The minimum atomic E-state index is -0.679. The Morgan fingerprint density at radius 2 is 2.04 bits per heavy atom. The number of furan rings is 1. The second-order valence-electron chi connectivity index (χ2n) is 6.11. The molecule has 0 bridgehead atoms. The second kappa shape index (κ2) is 7.48. The summed E-state index contributed by atoms with van der Waals surface area (Å²) in [5.41, 5.74) is 1.29. The van der Waals surface area contributed by atoms with Gasteiger partial charge >= 0.3 is 0 Å². The summed E-state index contributed by atoms with van der Waals surface area (Å²) in [6.45, 7) is 0.154. The molecule has 28 heavy (non-hydrogen) atoms. The molecule has 2 aromatic heterocycles. The van der Waals surface area contributed by atoms with Gasteiger partial charge in [-0.25, -0.2) is 8.78 Å². The number of fused-ring (bicyclic) bond motifs is 1. The number of aromatic nitrogens is 2. The fraction of sp³-hybridized carbons (Fsp3) is 0.0476. The largest absolute Gasteiger partial charge is 0.467 e. The third kappa shape index (κ3) is 3.55. The molecule has 5 nitrogen and oxygen atoms in total. The first kappa shape index (κ1) is 17.7. The Balaban J connectivity index is 1.62. The van der Waals surface area contributed by atoms with E-state index in [-0.39, 0.29) is 23.3 Å². The Kier molecular flexibility index (Phi) is 4.72. The number of carbonyl (C=O) groups excluding carboxylic acids is 1. The first-order valence-corrected chi connectivity index (χ1v) is 8.52. The predicted octanol–water partition coefficient (Wildman–Crippen LogP) is 4.53. The average Bonchev–Trinajstić information content (AvgIpc) is 3.35. The van der Waals surface area contributed by atoms with Crippen LogP contribution in [-0.2, 0) is 6.54 Å². The molecule has 0 unspecified atom stereocenters. The predicted molar refractivity (Wildman–Crippen MR) is 101 cm³/mol. The van der Waals surface area contributed by atoms with E-state index < -0.39 is 11.7 Å². The monoisotopic (exact) mass is 379 g/mol. The molecule has 4 aromatic rings. The van der Waals surface area contributed by atoms with Crippen LogP contribution in [0.5, 0.6) is 0 Å². The third-order valence-corrected chi connectivity index (χ3v) is 4.23. The fourth-order valence-corrected chi connectivity index (χ4v) is 2.85. The SMILES string of the molecule is O=C(NCc1ccco1)c1ccc2[nH]nc(C=Cc3cccc(F)c3)c2c1F. The van der Waals surface area contributed by atoms with Crippen LogP contribution in [0.1, 0.15) is 27.4 Å². The molecule has 140 valence electrons. The molecule has 0 radical (unpaired) electrons. The van der Waals surface area contributed by atoms with E-state index in [2.05, 4.69) is 15.5 Å². The van der Waals surface area contributed by atoms with Crippen molar-refractivity contribution in [1.82, 2.24) is 15.5 Å². The lowest BCUT2D eigenvalue weighted by molar-refractivity contribution is 0.0944. The molecule has 0 spiro atoms. The van der Waals surface area contributed by atoms with Gasteiger partial charge in [0.1, 0.15) is 17.4 Å². The Labute approximate surface area is 158 Å². The summed E-state index contributed by atoms with van der Waals surface area (Å²) >= 11 is 0. The normalized spacial score (nSPS) is 11.4. The summed E-state index contributed by atoms with van der Waals surface area (Å²) in [7, 11) is 0. The molecule has 7 heteroatoms. The minimum Gasteiger partial charge on any atom is -0.467 e. The molecule has 0 aliphatic heterocycles. The summed E-state index contributed by atoms with van der Waals surface area (Å²) in [5.74, 6) is -1.04. The van der Waals surface area contributed by atoms with Gasteiger partial charge in [-0.2, -0.15) is 5.10 Å². The van der Waals surface area contributed by atoms with Crippen LogP contribution in [0.4, 0.5) is 8.78 Å². The molecule has 4 rings (SSSR count). The van der Waals surface area contributed by atoms with E-state index >= 15 is 4.39 Å². The number of nitrogens with zero attached hydrogens (tertiary/aromatic N) is 1. The lowest BCUT2D eigenvalue weighted by Gasteiger charge is -2.05. The molecule has 0 saturated heterocycles. The van der Waals surface area contributed by atoms with Crippen molar-refractivity contribution in [3.8, 4) is 0 Å². The highest BCUT2D eigenvalue weighted by Gasteiger charge is 2.18. The number of benzene rings is 2. The summed E-state index contributed by atoms with van der Waals surface area (Å²) < 4.78 is 33.5. The van der Waals surface area contributed by atoms with Crippen molar-refractivity contribution in [2.75, 3.05) is 0 Å². The molecule has 2 heterocycles. The molecule has 0 aliphatic carbocycles. The second-order valence-corrected chi connectivity index (χ2v) is 6.11. The van der Waals surface area contributed by atoms with Crippen molar-refractivity contribution >= 4 is 29.0 Å². The number of aromatic amines is 1. The molecule has 1 amide bonds. The van der Waals surface area contributed by atoms with E-state index in [0.717, 1.165) is 0 Å². The van der Waals surface area contributed by atoms with Crippen LogP contribution in [0.15, 0.2) is 59.2 Å². The molecule has 0 atom stereocenters. The first-order valence-electron chi connectivity index (χ1n) is 8.52. The van der Waals surface area contributed by atoms with Crippen molar-refractivity contribution < 1.29 is 18.0 Å². The number of hydrogen-bond acceptors (Lipinski definition) is 3. The Morgan fingerprint density at radius 3 is 2.82 bits per heavy atom. The van der Waals surface area contributed by atoms with E-state index in [4.69, 9.17) is 4.42 Å². The maximum atomic E-state index is 15.0. The van der Waals surface area contributed by atoms with Gasteiger partial charge in [-0.05, 0) is 48.0 Å².